The van der Waals surface area contributed by atoms with Crippen molar-refractivity contribution < 1.29 is 0 Å². The van der Waals surface area contributed by atoms with E-state index < -0.39 is 0 Å². The second kappa shape index (κ2) is 5.85. The monoisotopic (exact) mass is 284 g/mol. The molecule has 2 aromatic rings. The molecule has 0 unspecified atom stereocenters. The summed E-state index contributed by atoms with van der Waals surface area (Å²) >= 11 is 1.54. The molecule has 0 saturated carbocycles. The van der Waals surface area contributed by atoms with Crippen molar-refractivity contribution in [2.75, 3.05) is 5.43 Å². The highest BCUT2D eigenvalue weighted by atomic mass is 32.1. The highest BCUT2D eigenvalue weighted by molar-refractivity contribution is 7.13. The number of benzene rings is 1. The van der Waals surface area contributed by atoms with Crippen LogP contribution in [0.15, 0.2) is 34.7 Å². The predicted molar refractivity (Wildman–Crippen MR) is 83.2 cm³/mol. The highest BCUT2D eigenvalue weighted by Crippen LogP contribution is 2.26. The van der Waals surface area contributed by atoms with Crippen molar-refractivity contribution in [1.82, 2.24) is 4.98 Å². The molecule has 0 radical (unpaired) electrons. The maximum atomic E-state index is 8.72. The minimum absolute atomic E-state index is 0.0489. The quantitative estimate of drug-likeness (QED) is 0.689. The fourth-order valence-corrected chi connectivity index (χ4v) is 2.36. The third-order valence-electron chi connectivity index (χ3n) is 2.69. The van der Waals surface area contributed by atoms with E-state index in [0.29, 0.717) is 5.56 Å². The smallest absolute Gasteiger partial charge is 0.203 e. The summed E-state index contributed by atoms with van der Waals surface area (Å²) in [6.07, 6.45) is 1.71. The van der Waals surface area contributed by atoms with Gasteiger partial charge in [-0.25, -0.2) is 4.98 Å². The molecule has 4 nitrogen and oxygen atoms in total. The molecule has 1 heterocycles. The molecule has 2 rings (SSSR count). The van der Waals surface area contributed by atoms with Crippen LogP contribution in [0.2, 0.25) is 0 Å². The van der Waals surface area contributed by atoms with Gasteiger partial charge in [0.15, 0.2) is 0 Å². The minimum atomic E-state index is 0.0489. The van der Waals surface area contributed by atoms with Gasteiger partial charge in [-0.15, -0.1) is 11.3 Å². The first-order valence-corrected chi connectivity index (χ1v) is 7.12. The van der Waals surface area contributed by atoms with E-state index in [4.69, 9.17) is 5.26 Å². The van der Waals surface area contributed by atoms with Gasteiger partial charge in [-0.1, -0.05) is 32.9 Å². The fourth-order valence-electron chi connectivity index (χ4n) is 1.48. The van der Waals surface area contributed by atoms with E-state index in [1.165, 1.54) is 11.3 Å². The van der Waals surface area contributed by atoms with Gasteiger partial charge >= 0.3 is 0 Å². The summed E-state index contributed by atoms with van der Waals surface area (Å²) in [5.74, 6) is 0. The topological polar surface area (TPSA) is 61.1 Å². The Morgan fingerprint density at radius 1 is 1.30 bits per heavy atom. The number of hydrogen-bond acceptors (Lipinski definition) is 5. The van der Waals surface area contributed by atoms with Crippen LogP contribution in [0.3, 0.4) is 0 Å². The standard InChI is InChI=1S/C15H16N4S/c1-15(2,3)13-10-20-14(18-13)19-17-9-12-6-4-11(8-16)5-7-12/h4-7,9-10H,1-3H3,(H,18,19)/b17-9-. The van der Waals surface area contributed by atoms with E-state index in [0.717, 1.165) is 16.4 Å². The van der Waals surface area contributed by atoms with E-state index >= 15 is 0 Å². The van der Waals surface area contributed by atoms with Gasteiger partial charge in [-0.2, -0.15) is 10.4 Å². The van der Waals surface area contributed by atoms with E-state index in [9.17, 15) is 0 Å². The molecule has 0 fully saturated rings. The lowest BCUT2D eigenvalue weighted by Crippen LogP contribution is -2.11. The predicted octanol–water partition coefficient (Wildman–Crippen LogP) is 3.76. The Balaban J connectivity index is 1.99. The van der Waals surface area contributed by atoms with Crippen molar-refractivity contribution >= 4 is 22.7 Å². The van der Waals surface area contributed by atoms with Gasteiger partial charge in [-0.05, 0) is 17.7 Å². The van der Waals surface area contributed by atoms with Gasteiger partial charge in [0.2, 0.25) is 5.13 Å². The third-order valence-corrected chi connectivity index (χ3v) is 3.43. The number of nitrogens with one attached hydrogen (secondary N) is 1. The zero-order valence-corrected chi connectivity index (χ0v) is 12.5. The molecule has 0 aliphatic heterocycles. The molecule has 5 heteroatoms. The van der Waals surface area contributed by atoms with E-state index in [2.05, 4.69) is 42.4 Å². The van der Waals surface area contributed by atoms with Crippen LogP contribution in [0.1, 0.15) is 37.6 Å². The summed E-state index contributed by atoms with van der Waals surface area (Å²) in [5.41, 5.74) is 5.61. The first-order valence-electron chi connectivity index (χ1n) is 6.24. The molecule has 1 N–H and O–H groups in total. The second-order valence-electron chi connectivity index (χ2n) is 5.39. The Morgan fingerprint density at radius 3 is 2.55 bits per heavy atom. The molecule has 20 heavy (non-hydrogen) atoms. The molecule has 0 spiro atoms. The van der Waals surface area contributed by atoms with Crippen LogP contribution in [0, 0.1) is 11.3 Å². The van der Waals surface area contributed by atoms with Gasteiger partial charge in [0, 0.05) is 10.8 Å². The summed E-state index contributed by atoms with van der Waals surface area (Å²) in [7, 11) is 0. The molecular formula is C15H16N4S. The summed E-state index contributed by atoms with van der Waals surface area (Å²) in [6, 6.07) is 9.32. The third kappa shape index (κ3) is 3.65. The van der Waals surface area contributed by atoms with Gasteiger partial charge in [0.1, 0.15) is 0 Å². The summed E-state index contributed by atoms with van der Waals surface area (Å²) < 4.78 is 0. The number of thiazole rings is 1. The molecule has 0 aliphatic carbocycles. The Morgan fingerprint density at radius 2 is 2.00 bits per heavy atom. The molecule has 1 aromatic carbocycles. The number of hydrazone groups is 1. The number of rotatable bonds is 3. The Labute approximate surface area is 122 Å². The van der Waals surface area contributed by atoms with Crippen molar-refractivity contribution in [3.63, 3.8) is 0 Å². The average Bonchev–Trinajstić information content (AvgIpc) is 2.88. The molecule has 0 atom stereocenters. The van der Waals surface area contributed by atoms with Crippen molar-refractivity contribution in [2.45, 2.75) is 26.2 Å². The zero-order valence-electron chi connectivity index (χ0n) is 11.7. The van der Waals surface area contributed by atoms with E-state index in [1.54, 1.807) is 18.3 Å². The number of hydrogen-bond donors (Lipinski definition) is 1. The highest BCUT2D eigenvalue weighted by Gasteiger charge is 2.17. The SMILES string of the molecule is CC(C)(C)c1csc(N/N=C\c2ccc(C#N)cc2)n1. The molecule has 1 aromatic heterocycles. The number of aromatic nitrogens is 1. The van der Waals surface area contributed by atoms with Crippen LogP contribution < -0.4 is 5.43 Å². The van der Waals surface area contributed by atoms with Crippen LogP contribution in [0.5, 0.6) is 0 Å². The van der Waals surface area contributed by atoms with Crippen molar-refractivity contribution in [2.24, 2.45) is 5.10 Å². The van der Waals surface area contributed by atoms with E-state index in [1.807, 2.05) is 17.5 Å². The fraction of sp³-hybridized carbons (Fsp3) is 0.267. The van der Waals surface area contributed by atoms with Crippen molar-refractivity contribution in [3.8, 4) is 6.07 Å². The molecule has 0 bridgehead atoms. The minimum Gasteiger partial charge on any atom is -0.253 e. The van der Waals surface area contributed by atoms with Gasteiger partial charge in [-0.3, -0.25) is 5.43 Å². The van der Waals surface area contributed by atoms with Crippen LogP contribution in [-0.2, 0) is 5.41 Å². The summed E-state index contributed by atoms with van der Waals surface area (Å²) in [6.45, 7) is 6.39. The first-order chi connectivity index (χ1) is 9.49. The van der Waals surface area contributed by atoms with Gasteiger partial charge < -0.3 is 0 Å². The zero-order chi connectivity index (χ0) is 14.6. The maximum Gasteiger partial charge on any atom is 0.203 e. The van der Waals surface area contributed by atoms with Gasteiger partial charge in [0.25, 0.3) is 0 Å². The van der Waals surface area contributed by atoms with Crippen LogP contribution >= 0.6 is 11.3 Å². The Hall–Kier alpha value is -2.19. The maximum absolute atomic E-state index is 8.72. The summed E-state index contributed by atoms with van der Waals surface area (Å²) in [4.78, 5) is 4.49. The van der Waals surface area contributed by atoms with Gasteiger partial charge in [0.05, 0.1) is 23.5 Å². The van der Waals surface area contributed by atoms with Crippen LogP contribution in [0.4, 0.5) is 5.13 Å². The Bertz CT molecular complexity index is 642. The summed E-state index contributed by atoms with van der Waals surface area (Å²) in [5, 5.41) is 15.7. The lowest BCUT2D eigenvalue weighted by molar-refractivity contribution is 0.573. The second-order valence-corrected chi connectivity index (χ2v) is 6.25. The average molecular weight is 284 g/mol. The molecule has 0 amide bonds. The number of nitriles is 1. The first kappa shape index (κ1) is 14.2. The van der Waals surface area contributed by atoms with Crippen LogP contribution in [-0.4, -0.2) is 11.2 Å². The molecule has 102 valence electrons. The van der Waals surface area contributed by atoms with E-state index in [-0.39, 0.29) is 5.41 Å². The van der Waals surface area contributed by atoms with Crippen molar-refractivity contribution in [1.29, 1.82) is 5.26 Å². The number of anilines is 1. The lowest BCUT2D eigenvalue weighted by atomic mass is 9.93. The normalized spacial score (nSPS) is 11.5. The molecule has 0 saturated heterocycles. The largest absolute Gasteiger partial charge is 0.253 e. The lowest BCUT2D eigenvalue weighted by Gasteiger charge is -2.13. The van der Waals surface area contributed by atoms with Crippen molar-refractivity contribution in [3.05, 3.63) is 46.5 Å². The molecular weight excluding hydrogens is 268 g/mol. The van der Waals surface area contributed by atoms with Crippen LogP contribution in [0.25, 0.3) is 0 Å². The Kier molecular flexibility index (Phi) is 4.16. The number of nitrogens with zero attached hydrogens (tertiary/aromatic N) is 3. The molecule has 0 aliphatic rings.